The first-order valence-electron chi connectivity index (χ1n) is 7.43. The average Bonchev–Trinajstić information content (AvgIpc) is 2.57. The Balaban J connectivity index is 1.88. The highest BCUT2D eigenvalue weighted by atomic mass is 79.9. The molecule has 0 fully saturated rings. The Hall–Kier alpha value is -2.60. The maximum absolute atomic E-state index is 5.35. The summed E-state index contributed by atoms with van der Waals surface area (Å²) >= 11 is 3.53. The Morgan fingerprint density at radius 1 is 0.917 bits per heavy atom. The number of hydrogen-bond acceptors (Lipinski definition) is 5. The molecule has 0 aliphatic carbocycles. The number of aromatic nitrogens is 2. The fraction of sp³-hybridized carbons (Fsp3) is 0.111. The summed E-state index contributed by atoms with van der Waals surface area (Å²) in [6.07, 6.45) is 0. The largest absolute Gasteiger partial charge is 0.495 e. The van der Waals surface area contributed by atoms with Crippen LogP contribution in [0.2, 0.25) is 0 Å². The van der Waals surface area contributed by atoms with Gasteiger partial charge in [-0.05, 0) is 47.1 Å². The molecule has 0 amide bonds. The van der Waals surface area contributed by atoms with Crippen LogP contribution in [-0.4, -0.2) is 17.1 Å². The number of nitrogens with zero attached hydrogens (tertiary/aromatic N) is 2. The zero-order valence-corrected chi connectivity index (χ0v) is 15.0. The van der Waals surface area contributed by atoms with Crippen LogP contribution in [0, 0.1) is 6.92 Å². The normalized spacial score (nSPS) is 10.3. The van der Waals surface area contributed by atoms with E-state index >= 15 is 0 Å². The van der Waals surface area contributed by atoms with Crippen molar-refractivity contribution in [2.24, 2.45) is 0 Å². The van der Waals surface area contributed by atoms with Crippen LogP contribution >= 0.6 is 15.9 Å². The molecule has 1 heterocycles. The van der Waals surface area contributed by atoms with Gasteiger partial charge in [-0.2, -0.15) is 4.98 Å². The summed E-state index contributed by atoms with van der Waals surface area (Å²) < 4.78 is 6.32. The van der Waals surface area contributed by atoms with Gasteiger partial charge in [0.1, 0.15) is 11.6 Å². The smallest absolute Gasteiger partial charge is 0.229 e. The Morgan fingerprint density at radius 2 is 1.62 bits per heavy atom. The van der Waals surface area contributed by atoms with E-state index in [-0.39, 0.29) is 0 Å². The van der Waals surface area contributed by atoms with Crippen LogP contribution in [0.1, 0.15) is 5.69 Å². The highest BCUT2D eigenvalue weighted by Gasteiger charge is 2.07. The van der Waals surface area contributed by atoms with E-state index in [9.17, 15) is 0 Å². The number of hydrogen-bond donors (Lipinski definition) is 2. The number of ether oxygens (including phenoxy) is 1. The second kappa shape index (κ2) is 7.31. The van der Waals surface area contributed by atoms with E-state index < -0.39 is 0 Å². The summed E-state index contributed by atoms with van der Waals surface area (Å²) in [5.74, 6) is 1.96. The lowest BCUT2D eigenvalue weighted by Gasteiger charge is -2.12. The first kappa shape index (κ1) is 16.3. The Morgan fingerprint density at radius 3 is 2.38 bits per heavy atom. The van der Waals surface area contributed by atoms with Gasteiger partial charge >= 0.3 is 0 Å². The van der Waals surface area contributed by atoms with Crippen molar-refractivity contribution in [2.75, 3.05) is 17.7 Å². The van der Waals surface area contributed by atoms with E-state index in [1.807, 2.05) is 61.5 Å². The molecular weight excluding hydrogens is 368 g/mol. The summed E-state index contributed by atoms with van der Waals surface area (Å²) in [5, 5.41) is 6.50. The van der Waals surface area contributed by atoms with Crippen LogP contribution in [0.3, 0.4) is 0 Å². The molecule has 0 atom stereocenters. The minimum absolute atomic E-state index is 0.508. The minimum Gasteiger partial charge on any atom is -0.495 e. The van der Waals surface area contributed by atoms with E-state index in [1.165, 1.54) is 0 Å². The zero-order chi connectivity index (χ0) is 16.9. The van der Waals surface area contributed by atoms with E-state index in [0.29, 0.717) is 11.8 Å². The van der Waals surface area contributed by atoms with Gasteiger partial charge in [0, 0.05) is 16.2 Å². The summed E-state index contributed by atoms with van der Waals surface area (Å²) in [4.78, 5) is 8.97. The Labute approximate surface area is 149 Å². The van der Waals surface area contributed by atoms with Crippen molar-refractivity contribution in [3.63, 3.8) is 0 Å². The lowest BCUT2D eigenvalue weighted by atomic mass is 10.3. The van der Waals surface area contributed by atoms with Gasteiger partial charge in [-0.3, -0.25) is 0 Å². The molecule has 2 aromatic carbocycles. The van der Waals surface area contributed by atoms with Crippen LogP contribution in [-0.2, 0) is 0 Å². The fourth-order valence-corrected chi connectivity index (χ4v) is 2.64. The zero-order valence-electron chi connectivity index (χ0n) is 13.4. The molecule has 0 bridgehead atoms. The molecule has 5 nitrogen and oxygen atoms in total. The Kier molecular flexibility index (Phi) is 4.96. The predicted octanol–water partition coefficient (Wildman–Crippen LogP) is 5.04. The molecule has 2 N–H and O–H groups in total. The van der Waals surface area contributed by atoms with E-state index in [1.54, 1.807) is 7.11 Å². The molecule has 0 aliphatic rings. The highest BCUT2D eigenvalue weighted by Crippen LogP contribution is 2.28. The number of methoxy groups -OCH3 is 1. The standard InChI is InChI=1S/C18H17BrN4O/c1-12-11-17(21-14-8-4-3-7-13(14)19)23-18(20-12)22-15-9-5-6-10-16(15)24-2/h3-11H,1-2H3,(H2,20,21,22,23). The maximum Gasteiger partial charge on any atom is 0.229 e. The Bertz CT molecular complexity index is 854. The first-order valence-corrected chi connectivity index (χ1v) is 8.22. The van der Waals surface area contributed by atoms with Gasteiger partial charge in [-0.15, -0.1) is 0 Å². The van der Waals surface area contributed by atoms with Crippen molar-refractivity contribution in [2.45, 2.75) is 6.92 Å². The summed E-state index contributed by atoms with van der Waals surface area (Å²) in [6, 6.07) is 17.4. The molecule has 0 radical (unpaired) electrons. The number of rotatable bonds is 5. The van der Waals surface area contributed by atoms with Crippen LogP contribution in [0.25, 0.3) is 0 Å². The average molecular weight is 385 g/mol. The molecule has 0 saturated heterocycles. The third kappa shape index (κ3) is 3.83. The molecule has 0 unspecified atom stereocenters. The van der Waals surface area contributed by atoms with Crippen molar-refractivity contribution in [3.8, 4) is 5.75 Å². The lowest BCUT2D eigenvalue weighted by molar-refractivity contribution is 0.417. The quantitative estimate of drug-likeness (QED) is 0.644. The topological polar surface area (TPSA) is 59.1 Å². The fourth-order valence-electron chi connectivity index (χ4n) is 2.26. The molecule has 24 heavy (non-hydrogen) atoms. The van der Waals surface area contributed by atoms with Crippen molar-refractivity contribution in [1.29, 1.82) is 0 Å². The number of benzene rings is 2. The van der Waals surface area contributed by atoms with E-state index in [4.69, 9.17) is 4.74 Å². The number of anilines is 4. The van der Waals surface area contributed by atoms with Gasteiger partial charge in [0.2, 0.25) is 5.95 Å². The maximum atomic E-state index is 5.35. The number of nitrogens with one attached hydrogen (secondary N) is 2. The van der Waals surface area contributed by atoms with Crippen molar-refractivity contribution >= 4 is 39.1 Å². The predicted molar refractivity (Wildman–Crippen MR) is 100 cm³/mol. The van der Waals surface area contributed by atoms with Gasteiger partial charge in [0.05, 0.1) is 18.5 Å². The minimum atomic E-state index is 0.508. The molecule has 122 valence electrons. The van der Waals surface area contributed by atoms with Gasteiger partial charge in [0.25, 0.3) is 0 Å². The summed E-state index contributed by atoms with van der Waals surface area (Å²) in [5.41, 5.74) is 2.62. The third-order valence-electron chi connectivity index (χ3n) is 3.34. The molecule has 0 aliphatic heterocycles. The first-order chi connectivity index (χ1) is 11.7. The van der Waals surface area contributed by atoms with Crippen LogP contribution in [0.4, 0.5) is 23.1 Å². The second-order valence-corrected chi connectivity index (χ2v) is 6.00. The third-order valence-corrected chi connectivity index (χ3v) is 4.04. The number of halogens is 1. The molecule has 3 rings (SSSR count). The summed E-state index contributed by atoms with van der Waals surface area (Å²) in [7, 11) is 1.64. The number of para-hydroxylation sites is 3. The molecule has 0 saturated carbocycles. The van der Waals surface area contributed by atoms with Crippen LogP contribution in [0.5, 0.6) is 5.75 Å². The van der Waals surface area contributed by atoms with Crippen molar-refractivity contribution in [1.82, 2.24) is 9.97 Å². The molecule has 3 aromatic rings. The molecular formula is C18H17BrN4O. The van der Waals surface area contributed by atoms with Crippen LogP contribution < -0.4 is 15.4 Å². The van der Waals surface area contributed by atoms with Gasteiger partial charge < -0.3 is 15.4 Å². The monoisotopic (exact) mass is 384 g/mol. The second-order valence-electron chi connectivity index (χ2n) is 5.15. The van der Waals surface area contributed by atoms with Gasteiger partial charge in [-0.25, -0.2) is 4.98 Å². The summed E-state index contributed by atoms with van der Waals surface area (Å²) in [6.45, 7) is 1.93. The van der Waals surface area contributed by atoms with Crippen molar-refractivity contribution < 1.29 is 4.74 Å². The van der Waals surface area contributed by atoms with Crippen molar-refractivity contribution in [3.05, 3.63) is 64.8 Å². The highest BCUT2D eigenvalue weighted by molar-refractivity contribution is 9.10. The van der Waals surface area contributed by atoms with Crippen LogP contribution in [0.15, 0.2) is 59.1 Å². The SMILES string of the molecule is COc1ccccc1Nc1nc(C)cc(Nc2ccccc2Br)n1. The van der Waals surface area contributed by atoms with Gasteiger partial charge in [0.15, 0.2) is 0 Å². The molecule has 1 aromatic heterocycles. The van der Waals surface area contributed by atoms with E-state index in [0.717, 1.165) is 27.3 Å². The molecule has 0 spiro atoms. The number of aryl methyl sites for hydroxylation is 1. The van der Waals surface area contributed by atoms with E-state index in [2.05, 4.69) is 36.5 Å². The molecule has 6 heteroatoms. The lowest BCUT2D eigenvalue weighted by Crippen LogP contribution is -2.03. The van der Waals surface area contributed by atoms with Gasteiger partial charge in [-0.1, -0.05) is 24.3 Å².